The Hall–Kier alpha value is -0.190. The zero-order chi connectivity index (χ0) is 10.0. The first-order valence-electron chi connectivity index (χ1n) is 5.59. The number of nitrogens with two attached hydrogens (primary N) is 1. The molecule has 14 heavy (non-hydrogen) atoms. The highest BCUT2D eigenvalue weighted by molar-refractivity contribution is 4.94. The maximum Gasteiger partial charge on any atom is 0.125 e. The standard InChI is InChI=1S/C10H20FN3/c11-10(4-3-8(12)6-10)7-14-9-2-1-5-13-9/h8-9,13-14H,1-7,12H2. The van der Waals surface area contributed by atoms with Crippen molar-refractivity contribution in [1.29, 1.82) is 0 Å². The fraction of sp³-hybridized carbons (Fsp3) is 1.00. The van der Waals surface area contributed by atoms with Crippen molar-refractivity contribution in [3.05, 3.63) is 0 Å². The summed E-state index contributed by atoms with van der Waals surface area (Å²) < 4.78 is 14.0. The van der Waals surface area contributed by atoms with Gasteiger partial charge in [-0.25, -0.2) is 4.39 Å². The van der Waals surface area contributed by atoms with Gasteiger partial charge in [0.15, 0.2) is 0 Å². The van der Waals surface area contributed by atoms with E-state index in [0.29, 0.717) is 25.6 Å². The van der Waals surface area contributed by atoms with Crippen molar-refractivity contribution < 1.29 is 4.39 Å². The third-order valence-electron chi connectivity index (χ3n) is 3.32. The third kappa shape index (κ3) is 2.43. The van der Waals surface area contributed by atoms with Crippen LogP contribution in [0.3, 0.4) is 0 Å². The zero-order valence-electron chi connectivity index (χ0n) is 8.56. The monoisotopic (exact) mass is 201 g/mol. The molecule has 0 radical (unpaired) electrons. The molecule has 0 aromatic heterocycles. The molecule has 2 aliphatic rings. The normalized spacial score (nSPS) is 43.3. The van der Waals surface area contributed by atoms with Crippen molar-refractivity contribution in [3.8, 4) is 0 Å². The van der Waals surface area contributed by atoms with Crippen molar-refractivity contribution in [1.82, 2.24) is 10.6 Å². The van der Waals surface area contributed by atoms with Crippen molar-refractivity contribution in [2.45, 2.75) is 50.0 Å². The summed E-state index contributed by atoms with van der Waals surface area (Å²) in [6.45, 7) is 1.51. The fourth-order valence-corrected chi connectivity index (χ4v) is 2.44. The lowest BCUT2D eigenvalue weighted by Gasteiger charge is -2.22. The molecule has 0 aromatic carbocycles. The maximum atomic E-state index is 14.0. The topological polar surface area (TPSA) is 50.1 Å². The molecule has 3 atom stereocenters. The maximum absolute atomic E-state index is 14.0. The van der Waals surface area contributed by atoms with Crippen molar-refractivity contribution in [2.24, 2.45) is 5.73 Å². The van der Waals surface area contributed by atoms with Gasteiger partial charge >= 0.3 is 0 Å². The molecular formula is C10H20FN3. The summed E-state index contributed by atoms with van der Waals surface area (Å²) in [6.07, 6.45) is 4.59. The van der Waals surface area contributed by atoms with E-state index >= 15 is 0 Å². The minimum Gasteiger partial charge on any atom is -0.328 e. The van der Waals surface area contributed by atoms with Gasteiger partial charge in [0, 0.05) is 12.6 Å². The van der Waals surface area contributed by atoms with E-state index in [1.165, 1.54) is 6.42 Å². The average Bonchev–Trinajstić information content (AvgIpc) is 2.73. The number of hydrogen-bond donors (Lipinski definition) is 3. The quantitative estimate of drug-likeness (QED) is 0.623. The van der Waals surface area contributed by atoms with E-state index in [0.717, 1.165) is 19.4 Å². The largest absolute Gasteiger partial charge is 0.328 e. The first kappa shape index (κ1) is 10.3. The van der Waals surface area contributed by atoms with Gasteiger partial charge < -0.3 is 11.1 Å². The summed E-state index contributed by atoms with van der Waals surface area (Å²) in [5, 5.41) is 6.54. The first-order chi connectivity index (χ1) is 6.68. The molecule has 82 valence electrons. The Morgan fingerprint density at radius 3 is 2.93 bits per heavy atom. The SMILES string of the molecule is NC1CCC(F)(CNC2CCCN2)C1. The number of rotatable bonds is 3. The molecule has 3 nitrogen and oxygen atoms in total. The van der Waals surface area contributed by atoms with Crippen LogP contribution in [0.25, 0.3) is 0 Å². The molecule has 0 aromatic rings. The highest BCUT2D eigenvalue weighted by Gasteiger charge is 2.38. The van der Waals surface area contributed by atoms with E-state index in [4.69, 9.17) is 5.73 Å². The van der Waals surface area contributed by atoms with Gasteiger partial charge in [0.05, 0.1) is 6.17 Å². The Balaban J connectivity index is 1.73. The fourth-order valence-electron chi connectivity index (χ4n) is 2.44. The molecule has 2 fully saturated rings. The molecule has 1 saturated carbocycles. The van der Waals surface area contributed by atoms with Gasteiger partial charge in [-0.15, -0.1) is 0 Å². The van der Waals surface area contributed by atoms with E-state index in [-0.39, 0.29) is 6.04 Å². The number of halogens is 1. The predicted octanol–water partition coefficient (Wildman–Crippen LogP) is 0.505. The van der Waals surface area contributed by atoms with E-state index in [2.05, 4.69) is 10.6 Å². The van der Waals surface area contributed by atoms with Gasteiger partial charge in [0.25, 0.3) is 0 Å². The van der Waals surface area contributed by atoms with Crippen LogP contribution < -0.4 is 16.4 Å². The lowest BCUT2D eigenvalue weighted by molar-refractivity contribution is 0.158. The minimum absolute atomic E-state index is 0.0679. The van der Waals surface area contributed by atoms with Crippen LogP contribution in [0.15, 0.2) is 0 Å². The Kier molecular flexibility index (Phi) is 3.04. The molecule has 4 heteroatoms. The van der Waals surface area contributed by atoms with Crippen LogP contribution in [0.1, 0.15) is 32.1 Å². The van der Waals surface area contributed by atoms with Crippen LogP contribution in [0.2, 0.25) is 0 Å². The van der Waals surface area contributed by atoms with Crippen LogP contribution >= 0.6 is 0 Å². The number of hydrogen-bond acceptors (Lipinski definition) is 3. The predicted molar refractivity (Wildman–Crippen MR) is 54.7 cm³/mol. The summed E-state index contributed by atoms with van der Waals surface area (Å²) in [5.74, 6) is 0. The van der Waals surface area contributed by atoms with Crippen LogP contribution in [0.4, 0.5) is 4.39 Å². The lowest BCUT2D eigenvalue weighted by Crippen LogP contribution is -2.45. The minimum atomic E-state index is -1.05. The second-order valence-electron chi connectivity index (χ2n) is 4.68. The Morgan fingerprint density at radius 2 is 2.36 bits per heavy atom. The molecule has 0 bridgehead atoms. The van der Waals surface area contributed by atoms with E-state index in [1.807, 2.05) is 0 Å². The highest BCUT2D eigenvalue weighted by Crippen LogP contribution is 2.32. The Bertz CT molecular complexity index is 194. The van der Waals surface area contributed by atoms with Crippen LogP contribution in [0.5, 0.6) is 0 Å². The van der Waals surface area contributed by atoms with E-state index in [9.17, 15) is 4.39 Å². The van der Waals surface area contributed by atoms with Crippen LogP contribution in [-0.2, 0) is 0 Å². The summed E-state index contributed by atoms with van der Waals surface area (Å²) in [6, 6.07) is 0.0679. The average molecular weight is 201 g/mol. The van der Waals surface area contributed by atoms with E-state index < -0.39 is 5.67 Å². The molecule has 2 rings (SSSR count). The number of alkyl halides is 1. The van der Waals surface area contributed by atoms with Gasteiger partial charge in [-0.05, 0) is 38.6 Å². The third-order valence-corrected chi connectivity index (χ3v) is 3.32. The molecule has 1 aliphatic heterocycles. The van der Waals surface area contributed by atoms with Crippen LogP contribution in [0, 0.1) is 0 Å². The second-order valence-corrected chi connectivity index (χ2v) is 4.68. The van der Waals surface area contributed by atoms with Gasteiger partial charge in [0.1, 0.15) is 5.67 Å². The Labute approximate surface area is 84.6 Å². The van der Waals surface area contributed by atoms with Crippen LogP contribution in [-0.4, -0.2) is 31.0 Å². The highest BCUT2D eigenvalue weighted by atomic mass is 19.1. The molecule has 3 unspecified atom stereocenters. The smallest absolute Gasteiger partial charge is 0.125 e. The lowest BCUT2D eigenvalue weighted by atomic mass is 10.0. The molecule has 0 spiro atoms. The molecule has 1 aliphatic carbocycles. The second kappa shape index (κ2) is 4.13. The van der Waals surface area contributed by atoms with Crippen molar-refractivity contribution in [2.75, 3.05) is 13.1 Å². The Morgan fingerprint density at radius 1 is 1.50 bits per heavy atom. The summed E-state index contributed by atoms with van der Waals surface area (Å²) in [4.78, 5) is 0. The van der Waals surface area contributed by atoms with Gasteiger partial charge in [0.2, 0.25) is 0 Å². The zero-order valence-corrected chi connectivity index (χ0v) is 8.56. The molecule has 1 heterocycles. The summed E-state index contributed by atoms with van der Waals surface area (Å²) >= 11 is 0. The van der Waals surface area contributed by atoms with Crippen molar-refractivity contribution >= 4 is 0 Å². The van der Waals surface area contributed by atoms with Gasteiger partial charge in [-0.3, -0.25) is 5.32 Å². The summed E-state index contributed by atoms with van der Waals surface area (Å²) in [5.41, 5.74) is 4.66. The molecule has 1 saturated heterocycles. The first-order valence-corrected chi connectivity index (χ1v) is 5.59. The summed E-state index contributed by atoms with van der Waals surface area (Å²) in [7, 11) is 0. The van der Waals surface area contributed by atoms with Crippen molar-refractivity contribution in [3.63, 3.8) is 0 Å². The number of nitrogens with one attached hydrogen (secondary N) is 2. The molecular weight excluding hydrogens is 181 g/mol. The molecule has 0 amide bonds. The van der Waals surface area contributed by atoms with Gasteiger partial charge in [-0.1, -0.05) is 0 Å². The van der Waals surface area contributed by atoms with E-state index in [1.54, 1.807) is 0 Å². The molecule has 4 N–H and O–H groups in total. The van der Waals surface area contributed by atoms with Gasteiger partial charge in [-0.2, -0.15) is 0 Å².